The van der Waals surface area contributed by atoms with Crippen molar-refractivity contribution in [1.82, 2.24) is 5.32 Å². The Bertz CT molecular complexity index is 160. The summed E-state index contributed by atoms with van der Waals surface area (Å²) >= 11 is 1.97. The Morgan fingerprint density at radius 3 is 2.86 bits per heavy atom. The van der Waals surface area contributed by atoms with Crippen molar-refractivity contribution in [2.75, 3.05) is 24.7 Å². The predicted molar refractivity (Wildman–Crippen MR) is 62.6 cm³/mol. The van der Waals surface area contributed by atoms with E-state index in [1.807, 2.05) is 11.8 Å². The Morgan fingerprint density at radius 2 is 2.43 bits per heavy atom. The molecule has 0 amide bonds. The van der Waals surface area contributed by atoms with Crippen LogP contribution < -0.4 is 11.1 Å². The van der Waals surface area contributed by atoms with Crippen LogP contribution in [0.1, 0.15) is 26.2 Å². The van der Waals surface area contributed by atoms with Gasteiger partial charge in [0.2, 0.25) is 0 Å². The van der Waals surface area contributed by atoms with E-state index in [2.05, 4.69) is 12.2 Å². The molecule has 84 valence electrons. The van der Waals surface area contributed by atoms with Crippen LogP contribution in [0.15, 0.2) is 0 Å². The van der Waals surface area contributed by atoms with Crippen molar-refractivity contribution in [3.63, 3.8) is 0 Å². The third-order valence-corrected chi connectivity index (χ3v) is 4.22. The van der Waals surface area contributed by atoms with E-state index in [0.29, 0.717) is 12.6 Å². The molecule has 1 saturated heterocycles. The molecule has 2 atom stereocenters. The van der Waals surface area contributed by atoms with Gasteiger partial charge in [0.1, 0.15) is 0 Å². The van der Waals surface area contributed by atoms with Gasteiger partial charge in [-0.25, -0.2) is 0 Å². The fourth-order valence-electron chi connectivity index (χ4n) is 1.91. The maximum atomic E-state index is 8.92. The first-order valence-electron chi connectivity index (χ1n) is 5.42. The highest BCUT2D eigenvalue weighted by Gasteiger charge is 2.34. The zero-order chi connectivity index (χ0) is 10.4. The Kier molecular flexibility index (Phi) is 5.23. The van der Waals surface area contributed by atoms with E-state index in [0.717, 1.165) is 25.0 Å². The Balaban J connectivity index is 2.44. The second kappa shape index (κ2) is 5.95. The number of nitrogens with two attached hydrogens (primary N) is 1. The first kappa shape index (κ1) is 12.3. The van der Waals surface area contributed by atoms with E-state index in [1.165, 1.54) is 5.75 Å². The van der Waals surface area contributed by atoms with E-state index < -0.39 is 0 Å². The maximum Gasteiger partial charge on any atom is 0.0445 e. The molecule has 1 rings (SSSR count). The molecule has 0 radical (unpaired) electrons. The van der Waals surface area contributed by atoms with Gasteiger partial charge in [0.15, 0.2) is 0 Å². The SMILES string of the molecule is CCC(CCO)NC1(CN)CCSC1. The van der Waals surface area contributed by atoms with E-state index >= 15 is 0 Å². The fourth-order valence-corrected chi connectivity index (χ4v) is 3.32. The van der Waals surface area contributed by atoms with E-state index in [-0.39, 0.29) is 12.1 Å². The average Bonchev–Trinajstić information content (AvgIpc) is 2.66. The van der Waals surface area contributed by atoms with Gasteiger partial charge in [-0.15, -0.1) is 0 Å². The second-order valence-electron chi connectivity index (χ2n) is 4.05. The normalized spacial score (nSPS) is 29.4. The largest absolute Gasteiger partial charge is 0.396 e. The van der Waals surface area contributed by atoms with Crippen LogP contribution in [0.4, 0.5) is 0 Å². The summed E-state index contributed by atoms with van der Waals surface area (Å²) in [7, 11) is 0. The Morgan fingerprint density at radius 1 is 1.64 bits per heavy atom. The molecule has 4 heteroatoms. The van der Waals surface area contributed by atoms with Crippen molar-refractivity contribution in [1.29, 1.82) is 0 Å². The highest BCUT2D eigenvalue weighted by atomic mass is 32.2. The van der Waals surface area contributed by atoms with Gasteiger partial charge in [-0.05, 0) is 25.0 Å². The minimum absolute atomic E-state index is 0.139. The predicted octanol–water partition coefficient (Wildman–Crippen LogP) is 0.571. The zero-order valence-electron chi connectivity index (χ0n) is 8.96. The van der Waals surface area contributed by atoms with Crippen molar-refractivity contribution in [3.8, 4) is 0 Å². The molecule has 1 fully saturated rings. The lowest BCUT2D eigenvalue weighted by Crippen LogP contribution is -2.55. The number of aliphatic hydroxyl groups is 1. The van der Waals surface area contributed by atoms with Crippen LogP contribution >= 0.6 is 11.8 Å². The average molecular weight is 218 g/mol. The van der Waals surface area contributed by atoms with Crippen LogP contribution in [0.3, 0.4) is 0 Å². The molecular weight excluding hydrogens is 196 g/mol. The number of hydrogen-bond acceptors (Lipinski definition) is 4. The molecule has 4 N–H and O–H groups in total. The van der Waals surface area contributed by atoms with Gasteiger partial charge < -0.3 is 16.2 Å². The topological polar surface area (TPSA) is 58.3 Å². The molecule has 3 nitrogen and oxygen atoms in total. The van der Waals surface area contributed by atoms with E-state index in [1.54, 1.807) is 0 Å². The van der Waals surface area contributed by atoms with Crippen molar-refractivity contribution < 1.29 is 5.11 Å². The smallest absolute Gasteiger partial charge is 0.0445 e. The Labute approximate surface area is 90.8 Å². The molecule has 0 saturated carbocycles. The van der Waals surface area contributed by atoms with Gasteiger partial charge in [-0.1, -0.05) is 6.92 Å². The Hall–Kier alpha value is 0.230. The molecular formula is C10H22N2OS. The van der Waals surface area contributed by atoms with Crippen LogP contribution in [0.5, 0.6) is 0 Å². The van der Waals surface area contributed by atoms with E-state index in [4.69, 9.17) is 10.8 Å². The van der Waals surface area contributed by atoms with Crippen LogP contribution in [0.2, 0.25) is 0 Å². The first-order chi connectivity index (χ1) is 6.76. The summed E-state index contributed by atoms with van der Waals surface area (Å²) < 4.78 is 0. The summed E-state index contributed by atoms with van der Waals surface area (Å²) in [5.74, 6) is 2.32. The summed E-state index contributed by atoms with van der Waals surface area (Å²) in [6.45, 7) is 3.13. The summed E-state index contributed by atoms with van der Waals surface area (Å²) in [6.07, 6.45) is 3.06. The maximum absolute atomic E-state index is 8.92. The molecule has 14 heavy (non-hydrogen) atoms. The number of nitrogens with one attached hydrogen (secondary N) is 1. The molecule has 0 aromatic carbocycles. The lowest BCUT2D eigenvalue weighted by Gasteiger charge is -2.33. The molecule has 0 bridgehead atoms. The molecule has 0 aromatic heterocycles. The van der Waals surface area contributed by atoms with Crippen LogP contribution in [-0.4, -0.2) is 41.3 Å². The zero-order valence-corrected chi connectivity index (χ0v) is 9.78. The first-order valence-corrected chi connectivity index (χ1v) is 6.58. The van der Waals surface area contributed by atoms with Crippen LogP contribution in [0.25, 0.3) is 0 Å². The lowest BCUT2D eigenvalue weighted by molar-refractivity contribution is 0.235. The van der Waals surface area contributed by atoms with Crippen LogP contribution in [0, 0.1) is 0 Å². The molecule has 1 heterocycles. The van der Waals surface area contributed by atoms with Gasteiger partial charge in [0, 0.05) is 30.5 Å². The monoisotopic (exact) mass is 218 g/mol. The van der Waals surface area contributed by atoms with Crippen LogP contribution in [-0.2, 0) is 0 Å². The molecule has 1 aliphatic heterocycles. The third-order valence-electron chi connectivity index (χ3n) is 2.97. The standard InChI is InChI=1S/C10H22N2OS/c1-2-9(3-5-13)12-10(7-11)4-6-14-8-10/h9,12-13H,2-8,11H2,1H3. The summed E-state index contributed by atoms with van der Waals surface area (Å²) in [5, 5.41) is 12.5. The van der Waals surface area contributed by atoms with Gasteiger partial charge >= 0.3 is 0 Å². The number of hydrogen-bond donors (Lipinski definition) is 3. The van der Waals surface area contributed by atoms with Crippen molar-refractivity contribution >= 4 is 11.8 Å². The third kappa shape index (κ3) is 3.12. The molecule has 1 aliphatic rings. The van der Waals surface area contributed by atoms with Gasteiger partial charge in [-0.2, -0.15) is 11.8 Å². The number of aliphatic hydroxyl groups excluding tert-OH is 1. The van der Waals surface area contributed by atoms with Crippen molar-refractivity contribution in [2.45, 2.75) is 37.8 Å². The summed E-state index contributed by atoms with van der Waals surface area (Å²) in [5.41, 5.74) is 5.97. The van der Waals surface area contributed by atoms with Crippen molar-refractivity contribution in [3.05, 3.63) is 0 Å². The molecule has 0 aliphatic carbocycles. The molecule has 0 spiro atoms. The minimum atomic E-state index is 0.139. The summed E-state index contributed by atoms with van der Waals surface area (Å²) in [6, 6.07) is 0.419. The molecule has 2 unspecified atom stereocenters. The van der Waals surface area contributed by atoms with Crippen molar-refractivity contribution in [2.24, 2.45) is 5.73 Å². The summed E-state index contributed by atoms with van der Waals surface area (Å²) in [4.78, 5) is 0. The minimum Gasteiger partial charge on any atom is -0.396 e. The molecule has 0 aromatic rings. The van der Waals surface area contributed by atoms with Gasteiger partial charge in [-0.3, -0.25) is 0 Å². The van der Waals surface area contributed by atoms with Gasteiger partial charge in [0.05, 0.1) is 0 Å². The number of rotatable bonds is 6. The highest BCUT2D eigenvalue weighted by Crippen LogP contribution is 2.28. The lowest BCUT2D eigenvalue weighted by atomic mass is 9.96. The van der Waals surface area contributed by atoms with Gasteiger partial charge in [0.25, 0.3) is 0 Å². The second-order valence-corrected chi connectivity index (χ2v) is 5.15. The quantitative estimate of drug-likeness (QED) is 0.610. The highest BCUT2D eigenvalue weighted by molar-refractivity contribution is 7.99. The fraction of sp³-hybridized carbons (Fsp3) is 1.00. The number of thioether (sulfide) groups is 1. The van der Waals surface area contributed by atoms with E-state index in [9.17, 15) is 0 Å².